The number of aliphatic imine (C=N–C) groups is 1. The van der Waals surface area contributed by atoms with Crippen molar-refractivity contribution in [2.75, 3.05) is 18.4 Å². The molecule has 0 aliphatic heterocycles. The zero-order chi connectivity index (χ0) is 54.0. The van der Waals surface area contributed by atoms with E-state index >= 15 is 0 Å². The summed E-state index contributed by atoms with van der Waals surface area (Å²) in [7, 11) is 0. The molecule has 0 fully saturated rings. The average molecular weight is 1220 g/mol. The number of hydrogen-bond acceptors (Lipinski definition) is 17. The molecule has 0 saturated heterocycles. The second kappa shape index (κ2) is 27.8. The Morgan fingerprint density at radius 3 is 1.77 bits per heavy atom. The molecule has 392 valence electrons. The number of nitrogens with one attached hydrogen (secondary N) is 3. The number of carbonyl (C=O) groups is 2. The Bertz CT molecular complexity index is 3380. The number of aryl methyl sites for hydroxylation is 1. The SMILES string of the molecule is N=C(N)CCCCCc1nonc1-c1noc(=O)n1-c1ccc(F)c(Br)c1.NC(=NCCCNc1nonc1-c1noc(=O)n1-c1ccc(F)c(Br)c1)NC(=O)Cc1ccc(Cl)cc1.O=C(Cl)Cc1ccc(Cl)cc1. The van der Waals surface area contributed by atoms with Gasteiger partial charge in [-0.25, -0.2) is 36.8 Å². The molecule has 0 saturated carbocycles. The number of unbranched alkanes of at least 4 members (excludes halogenated alkanes) is 2. The highest BCUT2D eigenvalue weighted by molar-refractivity contribution is 9.10. The lowest BCUT2D eigenvalue weighted by Crippen LogP contribution is -2.37. The summed E-state index contributed by atoms with van der Waals surface area (Å²) in [6, 6.07) is 22.0. The third-order valence-corrected chi connectivity index (χ3v) is 11.9. The molecule has 4 aromatic heterocycles. The van der Waals surface area contributed by atoms with Crippen molar-refractivity contribution >= 4 is 95.4 Å². The number of anilines is 1. The molecule has 0 bridgehead atoms. The second-order valence-electron chi connectivity index (χ2n) is 15.6. The molecule has 7 N–H and O–H groups in total. The summed E-state index contributed by atoms with van der Waals surface area (Å²) in [6.07, 6.45) is 4.43. The van der Waals surface area contributed by atoms with Crippen LogP contribution >= 0.6 is 66.7 Å². The number of nitrogens with zero attached hydrogens (tertiary/aromatic N) is 9. The molecule has 29 heteroatoms. The first-order valence-corrected chi connectivity index (χ1v) is 24.8. The predicted octanol–water partition coefficient (Wildman–Crippen LogP) is 8.37. The Morgan fingerprint density at radius 2 is 1.23 bits per heavy atom. The summed E-state index contributed by atoms with van der Waals surface area (Å²) < 4.78 is 48.9. The van der Waals surface area contributed by atoms with Gasteiger partial charge >= 0.3 is 11.5 Å². The molecule has 0 unspecified atom stereocenters. The van der Waals surface area contributed by atoms with E-state index in [1.807, 2.05) is 0 Å². The average Bonchev–Trinajstić information content (AvgIpc) is 4.20. The minimum Gasteiger partial charge on any atom is -0.388 e. The highest BCUT2D eigenvalue weighted by atomic mass is 79.9. The first-order chi connectivity index (χ1) is 36.0. The summed E-state index contributed by atoms with van der Waals surface area (Å²) in [5.74, 6) is -2.29. The van der Waals surface area contributed by atoms with Gasteiger partial charge in [-0.1, -0.05) is 69.4 Å². The molecule has 4 aromatic carbocycles. The molecule has 8 aromatic rings. The number of guanidine groups is 1. The lowest BCUT2D eigenvalue weighted by molar-refractivity contribution is -0.119. The van der Waals surface area contributed by atoms with Crippen molar-refractivity contribution in [2.45, 2.75) is 51.4 Å². The number of amidine groups is 1. The number of rotatable bonds is 19. The predicted molar refractivity (Wildman–Crippen MR) is 279 cm³/mol. The van der Waals surface area contributed by atoms with Gasteiger partial charge in [0.2, 0.25) is 28.6 Å². The van der Waals surface area contributed by atoms with Crippen LogP contribution in [-0.2, 0) is 28.9 Å². The van der Waals surface area contributed by atoms with Crippen LogP contribution in [0.1, 0.15) is 48.9 Å². The van der Waals surface area contributed by atoms with Crippen LogP contribution in [0, 0.1) is 17.0 Å². The summed E-state index contributed by atoms with van der Waals surface area (Å²) in [6.45, 7) is 0.680. The fourth-order valence-corrected chi connectivity index (χ4v) is 7.68. The number of hydrogen-bond donors (Lipinski definition) is 5. The van der Waals surface area contributed by atoms with Gasteiger partial charge < -0.3 is 16.8 Å². The molecule has 0 atom stereocenters. The van der Waals surface area contributed by atoms with Gasteiger partial charge in [0.25, 0.3) is 0 Å². The first-order valence-electron chi connectivity index (χ1n) is 22.0. The number of halogens is 7. The van der Waals surface area contributed by atoms with E-state index in [0.717, 1.165) is 35.0 Å². The lowest BCUT2D eigenvalue weighted by Gasteiger charge is -2.06. The Kier molecular flexibility index (Phi) is 21.1. The number of benzene rings is 4. The van der Waals surface area contributed by atoms with Crippen molar-refractivity contribution in [1.29, 1.82) is 5.41 Å². The Morgan fingerprint density at radius 1 is 0.693 bits per heavy atom. The van der Waals surface area contributed by atoms with Crippen molar-refractivity contribution < 1.29 is 36.7 Å². The van der Waals surface area contributed by atoms with Gasteiger partial charge in [0, 0.05) is 36.0 Å². The molecule has 22 nitrogen and oxygen atoms in total. The molecular formula is C46H41Br2Cl3F2N14O8. The Labute approximate surface area is 454 Å². The second-order valence-corrected chi connectivity index (χ2v) is 18.6. The van der Waals surface area contributed by atoms with Crippen LogP contribution in [-0.4, -0.2) is 76.1 Å². The maximum Gasteiger partial charge on any atom is 0.446 e. The summed E-state index contributed by atoms with van der Waals surface area (Å²) >= 11 is 22.8. The lowest BCUT2D eigenvalue weighted by atomic mass is 10.1. The van der Waals surface area contributed by atoms with Crippen molar-refractivity contribution in [1.82, 2.24) is 45.4 Å². The first kappa shape index (κ1) is 56.9. The van der Waals surface area contributed by atoms with Crippen LogP contribution in [0.4, 0.5) is 14.6 Å². The van der Waals surface area contributed by atoms with Crippen molar-refractivity contribution in [2.24, 2.45) is 16.5 Å². The van der Waals surface area contributed by atoms with Gasteiger partial charge in [-0.05, 0) is 156 Å². The third-order valence-electron chi connectivity index (χ3n) is 10.1. The summed E-state index contributed by atoms with van der Waals surface area (Å²) in [5.41, 5.74) is 14.4. The minimum absolute atomic E-state index is 0.000159. The molecule has 4 heterocycles. The van der Waals surface area contributed by atoms with E-state index in [-0.39, 0.29) is 73.6 Å². The maximum absolute atomic E-state index is 13.6. The van der Waals surface area contributed by atoms with Crippen molar-refractivity contribution in [3.8, 4) is 34.4 Å². The zero-order valence-electron chi connectivity index (χ0n) is 38.7. The molecule has 0 spiro atoms. The van der Waals surface area contributed by atoms with E-state index in [1.54, 1.807) is 48.5 Å². The molecule has 8 rings (SSSR count). The highest BCUT2D eigenvalue weighted by Crippen LogP contribution is 2.27. The summed E-state index contributed by atoms with van der Waals surface area (Å²) in [5, 5.41) is 36.5. The minimum atomic E-state index is -0.801. The van der Waals surface area contributed by atoms with E-state index in [9.17, 15) is 28.0 Å². The molecule has 1 amide bonds. The van der Waals surface area contributed by atoms with Gasteiger partial charge in [-0.15, -0.1) is 0 Å². The topological polar surface area (TPSA) is 320 Å². The van der Waals surface area contributed by atoms with E-state index in [2.05, 4.69) is 78.4 Å². The van der Waals surface area contributed by atoms with Crippen LogP contribution in [0.15, 0.2) is 127 Å². The van der Waals surface area contributed by atoms with Gasteiger partial charge in [0.15, 0.2) is 17.3 Å². The monoisotopic (exact) mass is 1220 g/mol. The number of amides is 1. The maximum atomic E-state index is 13.6. The number of nitrogens with two attached hydrogens (primary N) is 2. The van der Waals surface area contributed by atoms with Crippen molar-refractivity contribution in [3.05, 3.63) is 153 Å². The fraction of sp³-hybridized carbons (Fsp3) is 0.217. The Balaban J connectivity index is 0.000000209. The standard InChI is InChI=1S/C22H19BrClFN8O4.C16H16BrFN6O3.C8H6Cl2O/c23-15-11-14(6-7-16(15)25)33-20(32-36-22(33)35)18-19(31-37-30-18)27-8-1-9-28-21(26)29-17(34)10-12-2-4-13(24)5-3-12;17-10-8-9(6-7-11(10)18)24-15(23-26-16(24)25)14-12(21-27-22-14)4-2-1-3-5-13(19)20;9-7-3-1-6(2-4-7)5-8(10)11/h2-7,11H,1,8-10H2,(H,27,31)(H3,26,28,29,34);6-8H,1-5H2,(H3,19,20);1-4H,5H2. The smallest absolute Gasteiger partial charge is 0.388 e. The molecule has 0 radical (unpaired) electrons. The van der Waals surface area contributed by atoms with Gasteiger partial charge in [0.1, 0.15) is 17.3 Å². The number of carbonyl (C=O) groups excluding carboxylic acids is 2. The van der Waals surface area contributed by atoms with Crippen LogP contribution in [0.2, 0.25) is 10.0 Å². The van der Waals surface area contributed by atoms with Crippen molar-refractivity contribution in [3.63, 3.8) is 0 Å². The zero-order valence-corrected chi connectivity index (χ0v) is 44.2. The largest absolute Gasteiger partial charge is 0.446 e. The van der Waals surface area contributed by atoms with E-state index in [4.69, 9.17) is 70.0 Å². The molecule has 75 heavy (non-hydrogen) atoms. The third kappa shape index (κ3) is 16.8. The fourth-order valence-electron chi connectivity index (χ4n) is 6.54. The summed E-state index contributed by atoms with van der Waals surface area (Å²) in [4.78, 5) is 51.0. The van der Waals surface area contributed by atoms with E-state index in [1.165, 1.54) is 41.0 Å². The molecular weight excluding hydrogens is 1180 g/mol. The van der Waals surface area contributed by atoms with E-state index in [0.29, 0.717) is 59.5 Å². The Hall–Kier alpha value is -7.39. The van der Waals surface area contributed by atoms with Gasteiger partial charge in [-0.2, -0.15) is 0 Å². The molecule has 0 aliphatic carbocycles. The number of aromatic nitrogens is 8. The van der Waals surface area contributed by atoms with Crippen LogP contribution in [0.3, 0.4) is 0 Å². The normalized spacial score (nSPS) is 11.1. The van der Waals surface area contributed by atoms with Crippen LogP contribution < -0.4 is 33.6 Å². The van der Waals surface area contributed by atoms with Crippen LogP contribution in [0.25, 0.3) is 34.4 Å². The quantitative estimate of drug-likeness (QED) is 0.0220. The van der Waals surface area contributed by atoms with Gasteiger partial charge in [0.05, 0.1) is 32.6 Å². The van der Waals surface area contributed by atoms with E-state index < -0.39 is 23.1 Å². The highest BCUT2D eigenvalue weighted by Gasteiger charge is 2.24. The molecule has 0 aliphatic rings. The van der Waals surface area contributed by atoms with Crippen LogP contribution in [0.5, 0.6) is 0 Å². The van der Waals surface area contributed by atoms with Gasteiger partial charge in [-0.3, -0.25) is 34.4 Å².